The van der Waals surface area contributed by atoms with E-state index in [2.05, 4.69) is 11.0 Å². The molecule has 3 aromatic carbocycles. The first-order valence-electron chi connectivity index (χ1n) is 15.5. The Morgan fingerprint density at radius 3 is 2.59 bits per heavy atom. The highest BCUT2D eigenvalue weighted by Crippen LogP contribution is 2.38. The van der Waals surface area contributed by atoms with E-state index in [0.29, 0.717) is 60.4 Å². The van der Waals surface area contributed by atoms with Crippen molar-refractivity contribution in [1.82, 2.24) is 14.8 Å². The molecule has 0 amide bonds. The fourth-order valence-electron chi connectivity index (χ4n) is 6.15. The summed E-state index contributed by atoms with van der Waals surface area (Å²) in [6.07, 6.45) is 0.862. The Balaban J connectivity index is 1.25. The summed E-state index contributed by atoms with van der Waals surface area (Å²) in [6.45, 7) is 8.33. The number of hydrogen-bond acceptors (Lipinski definition) is 10. The standard InChI is InChI=1S/C35H38N4O7/c1-23-25(27-8-4-9-31(28(27)20-36)45-14-5-10-38-11-15-43-16-12-38)6-3-7-26(23)34-37-29-18-24(32(42-2)19-33(29)46-34)21-39-13-17-44-22-30(39)35(40)41/h3-4,6-9,18-19,30H,5,10-17,21-22H2,1-2H3,(H,40,41). The molecule has 2 aliphatic rings. The summed E-state index contributed by atoms with van der Waals surface area (Å²) in [5, 5.41) is 19.9. The maximum absolute atomic E-state index is 11.8. The topological polar surface area (TPSA) is 131 Å². The first kappa shape index (κ1) is 31.5. The molecule has 11 nitrogen and oxygen atoms in total. The molecule has 6 rings (SSSR count). The SMILES string of the molecule is COc1cc2oc(-c3cccc(-c4cccc(OCCCN5CCOCC5)c4C#N)c3C)nc2cc1CN1CCOCC1C(=O)O. The van der Waals surface area contributed by atoms with E-state index in [-0.39, 0.29) is 6.61 Å². The van der Waals surface area contributed by atoms with Gasteiger partial charge in [-0.1, -0.05) is 24.3 Å². The average Bonchev–Trinajstić information content (AvgIpc) is 3.49. The Labute approximate surface area is 267 Å². The molecule has 1 aromatic heterocycles. The molecule has 0 radical (unpaired) electrons. The predicted molar refractivity (Wildman–Crippen MR) is 171 cm³/mol. The zero-order valence-corrected chi connectivity index (χ0v) is 26.2. The quantitative estimate of drug-likeness (QED) is 0.232. The van der Waals surface area contributed by atoms with Gasteiger partial charge in [0.05, 0.1) is 40.1 Å². The summed E-state index contributed by atoms with van der Waals surface area (Å²) in [5.41, 5.74) is 5.89. The van der Waals surface area contributed by atoms with Gasteiger partial charge < -0.3 is 28.5 Å². The van der Waals surface area contributed by atoms with Crippen LogP contribution in [0.25, 0.3) is 33.7 Å². The van der Waals surface area contributed by atoms with Crippen LogP contribution < -0.4 is 9.47 Å². The molecular weight excluding hydrogens is 588 g/mol. The van der Waals surface area contributed by atoms with E-state index in [0.717, 1.165) is 67.1 Å². The molecule has 11 heteroatoms. The van der Waals surface area contributed by atoms with Crippen LogP contribution in [0.5, 0.6) is 11.5 Å². The first-order chi connectivity index (χ1) is 22.5. The summed E-state index contributed by atoms with van der Waals surface area (Å²) in [6, 6.07) is 16.9. The number of oxazole rings is 1. The van der Waals surface area contributed by atoms with Crippen molar-refractivity contribution in [3.63, 3.8) is 0 Å². The molecule has 0 saturated carbocycles. The summed E-state index contributed by atoms with van der Waals surface area (Å²) in [5.74, 6) is 0.687. The Hall–Kier alpha value is -4.47. The largest absolute Gasteiger partial charge is 0.496 e. The van der Waals surface area contributed by atoms with E-state index in [4.69, 9.17) is 28.3 Å². The number of nitriles is 1. The molecule has 2 fully saturated rings. The molecular formula is C35H38N4O7. The van der Waals surface area contributed by atoms with E-state index in [1.54, 1.807) is 13.2 Å². The second kappa shape index (κ2) is 14.3. The summed E-state index contributed by atoms with van der Waals surface area (Å²) < 4.78 is 28.9. The average molecular weight is 627 g/mol. The predicted octanol–water partition coefficient (Wildman–Crippen LogP) is 4.74. The van der Waals surface area contributed by atoms with Crippen molar-refractivity contribution in [1.29, 1.82) is 5.26 Å². The normalized spacial score (nSPS) is 17.5. The molecule has 240 valence electrons. The fourth-order valence-corrected chi connectivity index (χ4v) is 6.15. The van der Waals surface area contributed by atoms with E-state index in [1.807, 2.05) is 54.3 Å². The first-order valence-corrected chi connectivity index (χ1v) is 15.5. The van der Waals surface area contributed by atoms with E-state index < -0.39 is 12.0 Å². The van der Waals surface area contributed by atoms with Gasteiger partial charge in [0, 0.05) is 55.5 Å². The van der Waals surface area contributed by atoms with Crippen molar-refractivity contribution in [2.24, 2.45) is 0 Å². The number of carboxylic acid groups (broad SMARTS) is 1. The van der Waals surface area contributed by atoms with Gasteiger partial charge in [0.1, 0.15) is 34.7 Å². The monoisotopic (exact) mass is 626 g/mol. The van der Waals surface area contributed by atoms with Crippen LogP contribution in [0.2, 0.25) is 0 Å². The number of ether oxygens (including phenoxy) is 4. The van der Waals surface area contributed by atoms with Crippen LogP contribution >= 0.6 is 0 Å². The third kappa shape index (κ3) is 6.71. The van der Waals surface area contributed by atoms with E-state index in [1.165, 1.54) is 0 Å². The molecule has 0 spiro atoms. The lowest BCUT2D eigenvalue weighted by Crippen LogP contribution is -2.49. The Bertz CT molecular complexity index is 1740. The fraction of sp³-hybridized carbons (Fsp3) is 0.400. The molecule has 0 aliphatic carbocycles. The van der Waals surface area contributed by atoms with Crippen LogP contribution in [0.3, 0.4) is 0 Å². The Kier molecular flexibility index (Phi) is 9.80. The van der Waals surface area contributed by atoms with Crippen molar-refractivity contribution in [3.8, 4) is 40.1 Å². The van der Waals surface area contributed by atoms with E-state index >= 15 is 0 Å². The Morgan fingerprint density at radius 2 is 1.80 bits per heavy atom. The summed E-state index contributed by atoms with van der Waals surface area (Å²) >= 11 is 0. The van der Waals surface area contributed by atoms with Crippen LogP contribution in [0.4, 0.5) is 0 Å². The molecule has 1 atom stereocenters. The lowest BCUT2D eigenvalue weighted by Gasteiger charge is -2.33. The van der Waals surface area contributed by atoms with Crippen LogP contribution in [-0.4, -0.2) is 98.2 Å². The van der Waals surface area contributed by atoms with Gasteiger partial charge >= 0.3 is 5.97 Å². The number of benzene rings is 3. The molecule has 46 heavy (non-hydrogen) atoms. The molecule has 2 saturated heterocycles. The van der Waals surface area contributed by atoms with Gasteiger partial charge in [0.25, 0.3) is 0 Å². The minimum Gasteiger partial charge on any atom is -0.496 e. The number of nitrogens with zero attached hydrogens (tertiary/aromatic N) is 4. The molecule has 3 heterocycles. The van der Waals surface area contributed by atoms with Gasteiger partial charge in [0.15, 0.2) is 5.58 Å². The number of fused-ring (bicyclic) bond motifs is 1. The van der Waals surface area contributed by atoms with Crippen LogP contribution in [0.1, 0.15) is 23.1 Å². The summed E-state index contributed by atoms with van der Waals surface area (Å²) in [7, 11) is 1.58. The zero-order valence-electron chi connectivity index (χ0n) is 26.2. The van der Waals surface area contributed by atoms with Crippen LogP contribution in [0.15, 0.2) is 52.9 Å². The Morgan fingerprint density at radius 1 is 1.04 bits per heavy atom. The third-order valence-corrected chi connectivity index (χ3v) is 8.66. The number of methoxy groups -OCH3 is 1. The number of carbonyl (C=O) groups is 1. The molecule has 2 aliphatic heterocycles. The highest BCUT2D eigenvalue weighted by atomic mass is 16.5. The number of hydrogen-bond donors (Lipinski definition) is 1. The van der Waals surface area contributed by atoms with Gasteiger partial charge in [-0.15, -0.1) is 0 Å². The lowest BCUT2D eigenvalue weighted by atomic mass is 9.93. The van der Waals surface area contributed by atoms with Gasteiger partial charge in [-0.25, -0.2) is 4.98 Å². The van der Waals surface area contributed by atoms with Crippen LogP contribution in [-0.2, 0) is 20.8 Å². The summed E-state index contributed by atoms with van der Waals surface area (Å²) in [4.78, 5) is 20.9. The minimum absolute atomic E-state index is 0.140. The van der Waals surface area contributed by atoms with Crippen LogP contribution in [0, 0.1) is 18.3 Å². The number of carboxylic acids is 1. The smallest absolute Gasteiger partial charge is 0.323 e. The molecule has 1 N–H and O–H groups in total. The molecule has 4 aromatic rings. The van der Waals surface area contributed by atoms with Crippen molar-refractivity contribution in [2.45, 2.75) is 25.9 Å². The van der Waals surface area contributed by atoms with Gasteiger partial charge in [-0.2, -0.15) is 5.26 Å². The highest BCUT2D eigenvalue weighted by molar-refractivity contribution is 5.83. The van der Waals surface area contributed by atoms with Crippen molar-refractivity contribution in [3.05, 3.63) is 65.2 Å². The third-order valence-electron chi connectivity index (χ3n) is 8.66. The zero-order chi connectivity index (χ0) is 32.0. The maximum Gasteiger partial charge on any atom is 0.323 e. The van der Waals surface area contributed by atoms with E-state index in [9.17, 15) is 15.2 Å². The number of rotatable bonds is 11. The second-order valence-corrected chi connectivity index (χ2v) is 11.5. The highest BCUT2D eigenvalue weighted by Gasteiger charge is 2.30. The second-order valence-electron chi connectivity index (χ2n) is 11.5. The van der Waals surface area contributed by atoms with Gasteiger partial charge in [-0.3, -0.25) is 14.6 Å². The number of aliphatic carboxylic acids is 1. The van der Waals surface area contributed by atoms with Gasteiger partial charge in [-0.05, 0) is 42.7 Å². The molecule has 0 bridgehead atoms. The van der Waals surface area contributed by atoms with Crippen molar-refractivity contribution in [2.75, 3.05) is 66.3 Å². The number of morpholine rings is 2. The van der Waals surface area contributed by atoms with Crippen molar-refractivity contribution < 1.29 is 33.3 Å². The van der Waals surface area contributed by atoms with Gasteiger partial charge in [0.2, 0.25) is 5.89 Å². The van der Waals surface area contributed by atoms with Crippen molar-refractivity contribution >= 4 is 17.1 Å². The maximum atomic E-state index is 11.8. The number of aromatic nitrogens is 1. The lowest BCUT2D eigenvalue weighted by molar-refractivity contribution is -0.150. The minimum atomic E-state index is -0.917. The molecule has 1 unspecified atom stereocenters.